The maximum Gasteiger partial charge on any atom is 0.134 e. The summed E-state index contributed by atoms with van der Waals surface area (Å²) in [4.78, 5) is 1.56. The Hall–Kier alpha value is -0.830. The van der Waals surface area contributed by atoms with Crippen LogP contribution in [0, 0.1) is 5.82 Å². The van der Waals surface area contributed by atoms with E-state index in [-0.39, 0.29) is 5.75 Å². The standard InChI is InChI=1S/C8H6BrFO/c9-4-3-6-1-2-7(11)5-8(6)10/h1-5,11H/b4-3+. The highest BCUT2D eigenvalue weighted by atomic mass is 79.9. The van der Waals surface area contributed by atoms with Crippen LogP contribution in [0.5, 0.6) is 5.75 Å². The molecule has 0 heterocycles. The number of phenols is 1. The van der Waals surface area contributed by atoms with Gasteiger partial charge >= 0.3 is 0 Å². The highest BCUT2D eigenvalue weighted by Crippen LogP contribution is 2.16. The van der Waals surface area contributed by atoms with Crippen LogP contribution in [0.2, 0.25) is 0 Å². The van der Waals surface area contributed by atoms with Crippen molar-refractivity contribution in [3.63, 3.8) is 0 Å². The molecule has 0 aliphatic carbocycles. The molecule has 0 radical (unpaired) electrons. The van der Waals surface area contributed by atoms with Crippen LogP contribution in [0.1, 0.15) is 5.56 Å². The molecule has 1 aromatic carbocycles. The maximum absolute atomic E-state index is 12.8. The summed E-state index contributed by atoms with van der Waals surface area (Å²) in [6.07, 6.45) is 1.56. The van der Waals surface area contributed by atoms with E-state index in [1.807, 2.05) is 0 Å². The summed E-state index contributed by atoms with van der Waals surface area (Å²) in [5, 5.41) is 8.83. The second-order valence-electron chi connectivity index (χ2n) is 2.00. The molecule has 0 fully saturated rings. The fourth-order valence-electron chi connectivity index (χ4n) is 0.719. The third-order valence-electron chi connectivity index (χ3n) is 1.23. The van der Waals surface area contributed by atoms with Gasteiger partial charge in [0.1, 0.15) is 11.6 Å². The van der Waals surface area contributed by atoms with Gasteiger partial charge in [-0.25, -0.2) is 4.39 Å². The van der Waals surface area contributed by atoms with Crippen molar-refractivity contribution in [1.29, 1.82) is 0 Å². The van der Waals surface area contributed by atoms with Gasteiger partial charge in [0, 0.05) is 11.6 Å². The highest BCUT2D eigenvalue weighted by molar-refractivity contribution is 9.11. The van der Waals surface area contributed by atoms with Gasteiger partial charge in [0.05, 0.1) is 0 Å². The monoisotopic (exact) mass is 216 g/mol. The van der Waals surface area contributed by atoms with Crippen LogP contribution in [-0.2, 0) is 0 Å². The van der Waals surface area contributed by atoms with Crippen LogP contribution in [0.4, 0.5) is 4.39 Å². The van der Waals surface area contributed by atoms with Crippen molar-refractivity contribution in [3.8, 4) is 5.75 Å². The third kappa shape index (κ3) is 2.05. The Morgan fingerprint density at radius 1 is 1.45 bits per heavy atom. The smallest absolute Gasteiger partial charge is 0.134 e. The van der Waals surface area contributed by atoms with Gasteiger partial charge in [-0.2, -0.15) is 0 Å². The lowest BCUT2D eigenvalue weighted by atomic mass is 10.2. The van der Waals surface area contributed by atoms with Crippen molar-refractivity contribution in [2.24, 2.45) is 0 Å². The molecule has 1 aromatic rings. The van der Waals surface area contributed by atoms with E-state index in [2.05, 4.69) is 15.9 Å². The minimum atomic E-state index is -0.430. The van der Waals surface area contributed by atoms with Gasteiger partial charge in [0.25, 0.3) is 0 Å². The van der Waals surface area contributed by atoms with Gasteiger partial charge in [-0.3, -0.25) is 0 Å². The molecule has 11 heavy (non-hydrogen) atoms. The zero-order valence-electron chi connectivity index (χ0n) is 5.59. The fourth-order valence-corrected chi connectivity index (χ4v) is 1.00. The van der Waals surface area contributed by atoms with Gasteiger partial charge in [0.15, 0.2) is 0 Å². The van der Waals surface area contributed by atoms with Crippen molar-refractivity contribution in [3.05, 3.63) is 34.6 Å². The van der Waals surface area contributed by atoms with E-state index >= 15 is 0 Å². The molecular formula is C8H6BrFO. The normalized spacial score (nSPS) is 10.7. The topological polar surface area (TPSA) is 20.2 Å². The molecule has 0 unspecified atom stereocenters. The number of hydrogen-bond donors (Lipinski definition) is 1. The first-order valence-corrected chi connectivity index (χ1v) is 3.91. The van der Waals surface area contributed by atoms with Crippen molar-refractivity contribution < 1.29 is 9.50 Å². The Morgan fingerprint density at radius 3 is 2.73 bits per heavy atom. The lowest BCUT2D eigenvalue weighted by Gasteiger charge is -1.95. The van der Waals surface area contributed by atoms with Gasteiger partial charge in [-0.15, -0.1) is 0 Å². The summed E-state index contributed by atoms with van der Waals surface area (Å²) in [6, 6.07) is 4.01. The van der Waals surface area contributed by atoms with Crippen LogP contribution in [0.25, 0.3) is 6.08 Å². The molecule has 0 atom stereocenters. The SMILES string of the molecule is Oc1ccc(/C=C/Br)c(F)c1. The molecule has 1 rings (SSSR count). The number of halogens is 2. The first-order valence-electron chi connectivity index (χ1n) is 2.99. The second-order valence-corrected chi connectivity index (χ2v) is 2.53. The Kier molecular flexibility index (Phi) is 2.65. The average molecular weight is 217 g/mol. The zero-order valence-corrected chi connectivity index (χ0v) is 7.18. The van der Waals surface area contributed by atoms with E-state index < -0.39 is 5.82 Å². The van der Waals surface area contributed by atoms with Crippen molar-refractivity contribution >= 4 is 22.0 Å². The molecule has 1 N–H and O–H groups in total. The summed E-state index contributed by atoms with van der Waals surface area (Å²) in [5.74, 6) is -0.491. The first kappa shape index (κ1) is 8.27. The van der Waals surface area contributed by atoms with Crippen molar-refractivity contribution in [2.45, 2.75) is 0 Å². The van der Waals surface area contributed by atoms with Gasteiger partial charge < -0.3 is 5.11 Å². The molecule has 0 spiro atoms. The number of hydrogen-bond acceptors (Lipinski definition) is 1. The van der Waals surface area contributed by atoms with Crippen molar-refractivity contribution in [1.82, 2.24) is 0 Å². The lowest BCUT2D eigenvalue weighted by molar-refractivity contribution is 0.469. The lowest BCUT2D eigenvalue weighted by Crippen LogP contribution is -1.79. The minimum Gasteiger partial charge on any atom is -0.508 e. The van der Waals surface area contributed by atoms with Gasteiger partial charge in [0.2, 0.25) is 0 Å². The summed E-state index contributed by atoms with van der Waals surface area (Å²) in [6.45, 7) is 0. The van der Waals surface area contributed by atoms with Gasteiger partial charge in [-0.05, 0) is 23.2 Å². The van der Waals surface area contributed by atoms with Crippen molar-refractivity contribution in [2.75, 3.05) is 0 Å². The number of aromatic hydroxyl groups is 1. The molecule has 0 bridgehead atoms. The summed E-state index contributed by atoms with van der Waals surface area (Å²) < 4.78 is 12.8. The fraction of sp³-hybridized carbons (Fsp3) is 0. The van der Waals surface area contributed by atoms with E-state index in [1.165, 1.54) is 12.1 Å². The van der Waals surface area contributed by atoms with E-state index in [0.29, 0.717) is 5.56 Å². The summed E-state index contributed by atoms with van der Waals surface area (Å²) >= 11 is 3.03. The van der Waals surface area contributed by atoms with Crippen LogP contribution in [0.15, 0.2) is 23.2 Å². The Bertz CT molecular complexity index is 283. The Morgan fingerprint density at radius 2 is 2.18 bits per heavy atom. The first-order chi connectivity index (χ1) is 5.24. The van der Waals surface area contributed by atoms with Crippen LogP contribution < -0.4 is 0 Å². The van der Waals surface area contributed by atoms with E-state index in [9.17, 15) is 4.39 Å². The Labute approximate surface area is 72.3 Å². The van der Waals surface area contributed by atoms with Gasteiger partial charge in [-0.1, -0.05) is 15.9 Å². The minimum absolute atomic E-state index is 0.0609. The second kappa shape index (κ2) is 3.53. The maximum atomic E-state index is 12.8. The van der Waals surface area contributed by atoms with Crippen LogP contribution in [0.3, 0.4) is 0 Å². The highest BCUT2D eigenvalue weighted by Gasteiger charge is 1.97. The third-order valence-corrected chi connectivity index (χ3v) is 1.49. The van der Waals surface area contributed by atoms with E-state index in [0.717, 1.165) is 6.07 Å². The molecule has 3 heteroatoms. The largest absolute Gasteiger partial charge is 0.508 e. The molecule has 0 amide bonds. The molecular weight excluding hydrogens is 211 g/mol. The number of phenolic OH excluding ortho intramolecular Hbond substituents is 1. The Balaban J connectivity index is 3.09. The molecule has 58 valence electrons. The summed E-state index contributed by atoms with van der Waals surface area (Å²) in [5.41, 5.74) is 0.444. The molecule has 0 aliphatic rings. The average Bonchev–Trinajstić information content (AvgIpc) is 1.95. The predicted molar refractivity (Wildman–Crippen MR) is 46.0 cm³/mol. The number of rotatable bonds is 1. The predicted octanol–water partition coefficient (Wildman–Crippen LogP) is 2.90. The molecule has 0 saturated heterocycles. The molecule has 1 nitrogen and oxygen atoms in total. The van der Waals surface area contributed by atoms with E-state index in [4.69, 9.17) is 5.11 Å². The van der Waals surface area contributed by atoms with E-state index in [1.54, 1.807) is 11.1 Å². The quantitative estimate of drug-likeness (QED) is 0.766. The van der Waals surface area contributed by atoms with Crippen LogP contribution >= 0.6 is 15.9 Å². The number of benzene rings is 1. The summed E-state index contributed by atoms with van der Waals surface area (Å²) in [7, 11) is 0. The molecule has 0 aliphatic heterocycles. The zero-order chi connectivity index (χ0) is 8.27. The van der Waals surface area contributed by atoms with Crippen LogP contribution in [-0.4, -0.2) is 5.11 Å². The molecule has 0 aromatic heterocycles. The molecule has 0 saturated carbocycles.